The van der Waals surface area contributed by atoms with Crippen LogP contribution in [0, 0.1) is 0 Å². The highest BCUT2D eigenvalue weighted by atomic mass is 35.5. The molecular weight excluding hydrogens is 296 g/mol. The molecule has 0 saturated heterocycles. The maximum atomic E-state index is 11.6. The highest BCUT2D eigenvalue weighted by Gasteiger charge is 2.07. The first kappa shape index (κ1) is 17.3. The third kappa shape index (κ3) is 8.16. The first-order valence-electron chi connectivity index (χ1n) is 6.53. The minimum Gasteiger partial charge on any atom is -0.492 e. The summed E-state index contributed by atoms with van der Waals surface area (Å²) in [4.78, 5) is 23.6. The summed E-state index contributed by atoms with van der Waals surface area (Å²) in [7, 11) is 1.70. The van der Waals surface area contributed by atoms with Crippen molar-refractivity contribution in [2.45, 2.75) is 6.42 Å². The molecule has 0 aliphatic carbocycles. The summed E-state index contributed by atoms with van der Waals surface area (Å²) in [5.41, 5.74) is 0. The molecule has 21 heavy (non-hydrogen) atoms. The van der Waals surface area contributed by atoms with E-state index in [0.717, 1.165) is 0 Å². The Bertz CT molecular complexity index is 465. The Morgan fingerprint density at radius 3 is 2.62 bits per heavy atom. The molecule has 1 rings (SSSR count). The van der Waals surface area contributed by atoms with Gasteiger partial charge in [-0.25, -0.2) is 0 Å². The van der Waals surface area contributed by atoms with E-state index < -0.39 is 5.97 Å². The van der Waals surface area contributed by atoms with E-state index in [1.54, 1.807) is 36.2 Å². The second-order valence-electron chi connectivity index (χ2n) is 4.53. The number of halogens is 1. The fourth-order valence-electron chi connectivity index (χ4n) is 1.56. The lowest BCUT2D eigenvalue weighted by atomic mass is 10.3. The monoisotopic (exact) mass is 314 g/mol. The Balaban J connectivity index is 2.13. The van der Waals surface area contributed by atoms with Crippen molar-refractivity contribution in [1.82, 2.24) is 10.2 Å². The number of rotatable bonds is 9. The van der Waals surface area contributed by atoms with Gasteiger partial charge in [-0.2, -0.15) is 0 Å². The van der Waals surface area contributed by atoms with Gasteiger partial charge in [0.05, 0.1) is 19.5 Å². The van der Waals surface area contributed by atoms with E-state index in [1.807, 2.05) is 0 Å². The van der Waals surface area contributed by atoms with E-state index in [1.165, 1.54) is 0 Å². The molecule has 1 aromatic rings. The van der Waals surface area contributed by atoms with Crippen LogP contribution in [0.2, 0.25) is 5.02 Å². The van der Waals surface area contributed by atoms with Crippen molar-refractivity contribution in [3.63, 3.8) is 0 Å². The van der Waals surface area contributed by atoms with Crippen LogP contribution < -0.4 is 10.1 Å². The summed E-state index contributed by atoms with van der Waals surface area (Å²) in [5.74, 6) is -0.353. The summed E-state index contributed by atoms with van der Waals surface area (Å²) in [5, 5.41) is 11.9. The Kier molecular flexibility index (Phi) is 7.56. The molecule has 0 bridgehead atoms. The zero-order valence-electron chi connectivity index (χ0n) is 11.8. The molecule has 0 unspecified atom stereocenters. The number of carbonyl (C=O) groups excluding carboxylic acids is 1. The highest BCUT2D eigenvalue weighted by Crippen LogP contribution is 2.14. The number of likely N-dealkylation sites (N-methyl/N-ethyl adjacent to an activating group) is 1. The van der Waals surface area contributed by atoms with E-state index in [2.05, 4.69) is 5.32 Å². The van der Waals surface area contributed by atoms with Gasteiger partial charge in [0.2, 0.25) is 5.91 Å². The molecule has 0 aliphatic rings. The van der Waals surface area contributed by atoms with Crippen molar-refractivity contribution in [3.8, 4) is 5.75 Å². The number of nitrogens with zero attached hydrogens (tertiary/aromatic N) is 1. The van der Waals surface area contributed by atoms with Crippen molar-refractivity contribution < 1.29 is 19.4 Å². The largest absolute Gasteiger partial charge is 0.492 e. The third-order valence-corrected chi connectivity index (χ3v) is 2.88. The van der Waals surface area contributed by atoms with Gasteiger partial charge in [-0.15, -0.1) is 0 Å². The van der Waals surface area contributed by atoms with Crippen LogP contribution in [0.4, 0.5) is 0 Å². The number of hydrogen-bond acceptors (Lipinski definition) is 4. The Morgan fingerprint density at radius 1 is 1.33 bits per heavy atom. The van der Waals surface area contributed by atoms with E-state index in [-0.39, 0.29) is 18.9 Å². The molecule has 0 fully saturated rings. The standard InChI is InChI=1S/C14H19ClN2O4/c1-17(8-6-14(19)20)10-13(18)16-7-9-21-12-4-2-11(15)3-5-12/h2-5H,6-10H2,1H3,(H,16,18)(H,19,20). The van der Waals surface area contributed by atoms with Gasteiger partial charge in [0.15, 0.2) is 0 Å². The smallest absolute Gasteiger partial charge is 0.304 e. The lowest BCUT2D eigenvalue weighted by Crippen LogP contribution is -2.37. The van der Waals surface area contributed by atoms with Crippen LogP contribution in [0.3, 0.4) is 0 Å². The minimum absolute atomic E-state index is 0.0173. The van der Waals surface area contributed by atoms with Crippen LogP contribution in [-0.2, 0) is 9.59 Å². The van der Waals surface area contributed by atoms with Crippen LogP contribution in [0.1, 0.15) is 6.42 Å². The minimum atomic E-state index is -0.876. The molecule has 2 N–H and O–H groups in total. The zero-order chi connectivity index (χ0) is 15.7. The average molecular weight is 315 g/mol. The summed E-state index contributed by atoms with van der Waals surface area (Å²) >= 11 is 5.75. The summed E-state index contributed by atoms with van der Waals surface area (Å²) in [6.45, 7) is 1.23. The van der Waals surface area contributed by atoms with Gasteiger partial charge in [-0.3, -0.25) is 14.5 Å². The highest BCUT2D eigenvalue weighted by molar-refractivity contribution is 6.30. The molecule has 0 saturated carbocycles. The number of carboxylic acids is 1. The molecular formula is C14H19ClN2O4. The number of ether oxygens (including phenoxy) is 1. The van der Waals surface area contributed by atoms with Gasteiger partial charge in [0.1, 0.15) is 12.4 Å². The van der Waals surface area contributed by atoms with Gasteiger partial charge < -0.3 is 15.2 Å². The van der Waals surface area contributed by atoms with Crippen molar-refractivity contribution in [2.24, 2.45) is 0 Å². The molecule has 0 radical (unpaired) electrons. The lowest BCUT2D eigenvalue weighted by molar-refractivity contribution is -0.137. The summed E-state index contributed by atoms with van der Waals surface area (Å²) in [6, 6.07) is 6.97. The molecule has 0 atom stereocenters. The van der Waals surface area contributed by atoms with Gasteiger partial charge in [-0.1, -0.05) is 11.6 Å². The van der Waals surface area contributed by atoms with Crippen LogP contribution in [-0.4, -0.2) is 55.2 Å². The van der Waals surface area contributed by atoms with Gasteiger partial charge in [0, 0.05) is 11.6 Å². The van der Waals surface area contributed by atoms with E-state index in [9.17, 15) is 9.59 Å². The lowest BCUT2D eigenvalue weighted by Gasteiger charge is -2.15. The van der Waals surface area contributed by atoms with Gasteiger partial charge in [-0.05, 0) is 31.3 Å². The van der Waals surface area contributed by atoms with Crippen molar-refractivity contribution in [1.29, 1.82) is 0 Å². The zero-order valence-corrected chi connectivity index (χ0v) is 12.6. The number of carboxylic acid groups (broad SMARTS) is 1. The molecule has 0 heterocycles. The Morgan fingerprint density at radius 2 is 2.00 bits per heavy atom. The topological polar surface area (TPSA) is 78.9 Å². The predicted octanol–water partition coefficient (Wildman–Crippen LogP) is 1.24. The molecule has 1 aromatic carbocycles. The Hall–Kier alpha value is -1.79. The molecule has 0 aliphatic heterocycles. The molecule has 6 nitrogen and oxygen atoms in total. The Labute approximate surface area is 128 Å². The maximum absolute atomic E-state index is 11.6. The first-order chi connectivity index (χ1) is 9.97. The fourth-order valence-corrected chi connectivity index (χ4v) is 1.68. The van der Waals surface area contributed by atoms with E-state index in [4.69, 9.17) is 21.4 Å². The van der Waals surface area contributed by atoms with Crippen LogP contribution in [0.15, 0.2) is 24.3 Å². The van der Waals surface area contributed by atoms with Gasteiger partial charge >= 0.3 is 5.97 Å². The molecule has 0 spiro atoms. The number of benzene rings is 1. The number of carbonyl (C=O) groups is 2. The van der Waals surface area contributed by atoms with Gasteiger partial charge in [0.25, 0.3) is 0 Å². The molecule has 116 valence electrons. The SMILES string of the molecule is CN(CCC(=O)O)CC(=O)NCCOc1ccc(Cl)cc1. The fraction of sp³-hybridized carbons (Fsp3) is 0.429. The predicted molar refractivity (Wildman–Crippen MR) is 79.7 cm³/mol. The maximum Gasteiger partial charge on any atom is 0.304 e. The van der Waals surface area contributed by atoms with Crippen molar-refractivity contribution >= 4 is 23.5 Å². The number of aliphatic carboxylic acids is 1. The summed E-state index contributed by atoms with van der Waals surface area (Å²) in [6.07, 6.45) is 0.0173. The molecule has 7 heteroatoms. The first-order valence-corrected chi connectivity index (χ1v) is 6.90. The van der Waals surface area contributed by atoms with Crippen molar-refractivity contribution in [3.05, 3.63) is 29.3 Å². The molecule has 0 aromatic heterocycles. The van der Waals surface area contributed by atoms with Crippen molar-refractivity contribution in [2.75, 3.05) is 33.3 Å². The van der Waals surface area contributed by atoms with Crippen LogP contribution in [0.5, 0.6) is 5.75 Å². The molecule has 1 amide bonds. The average Bonchev–Trinajstić information content (AvgIpc) is 2.43. The normalized spacial score (nSPS) is 10.4. The van der Waals surface area contributed by atoms with Crippen LogP contribution in [0.25, 0.3) is 0 Å². The van der Waals surface area contributed by atoms with Crippen LogP contribution >= 0.6 is 11.6 Å². The van der Waals surface area contributed by atoms with E-state index >= 15 is 0 Å². The second-order valence-corrected chi connectivity index (χ2v) is 4.97. The number of nitrogens with one attached hydrogen (secondary N) is 1. The van der Waals surface area contributed by atoms with E-state index in [0.29, 0.717) is 30.5 Å². The quantitative estimate of drug-likeness (QED) is 0.671. The number of hydrogen-bond donors (Lipinski definition) is 2. The number of amides is 1. The third-order valence-electron chi connectivity index (χ3n) is 2.63. The summed E-state index contributed by atoms with van der Waals surface area (Å²) < 4.78 is 5.43. The second kappa shape index (κ2) is 9.20.